The molecule has 1 nitrogen and oxygen atoms in total. The molecule has 2 aliphatic carbocycles. The molecule has 2 saturated carbocycles. The Bertz CT molecular complexity index is 196. The summed E-state index contributed by atoms with van der Waals surface area (Å²) in [5.74, 6) is 3.76. The molecule has 0 spiro atoms. The Labute approximate surface area is 81.5 Å². The molecule has 0 unspecified atom stereocenters. The van der Waals surface area contributed by atoms with Crippen LogP contribution in [0.4, 0.5) is 0 Å². The molecule has 2 rings (SSSR count). The zero-order valence-corrected chi connectivity index (χ0v) is 8.34. The van der Waals surface area contributed by atoms with Gasteiger partial charge in [0.05, 0.1) is 0 Å². The summed E-state index contributed by atoms with van der Waals surface area (Å²) in [5, 5.41) is 0. The van der Waals surface area contributed by atoms with Crippen molar-refractivity contribution in [3.63, 3.8) is 0 Å². The molecule has 0 aromatic carbocycles. The third kappa shape index (κ3) is 3.04. The first-order valence-corrected chi connectivity index (χ1v) is 5.57. The third-order valence-corrected chi connectivity index (χ3v) is 3.02. The highest BCUT2D eigenvalue weighted by Gasteiger charge is 2.32. The molecular weight excluding hydrogens is 158 g/mol. The fourth-order valence-corrected chi connectivity index (χ4v) is 1.88. The summed E-state index contributed by atoms with van der Waals surface area (Å²) < 4.78 is 0. The van der Waals surface area contributed by atoms with Crippen molar-refractivity contribution in [1.29, 1.82) is 0 Å². The molecule has 13 heavy (non-hydrogen) atoms. The molecule has 2 fully saturated rings. The van der Waals surface area contributed by atoms with E-state index in [4.69, 9.17) is 6.42 Å². The molecule has 0 atom stereocenters. The Morgan fingerprint density at radius 3 is 2.54 bits per heavy atom. The number of unbranched alkanes of at least 4 members (excludes halogenated alkanes) is 1. The lowest BCUT2D eigenvalue weighted by atomic mass is 10.2. The lowest BCUT2D eigenvalue weighted by molar-refractivity contribution is 0.251. The summed E-state index contributed by atoms with van der Waals surface area (Å²) >= 11 is 0. The van der Waals surface area contributed by atoms with E-state index in [1.165, 1.54) is 45.2 Å². The molecule has 0 aromatic heterocycles. The first kappa shape index (κ1) is 9.09. The molecule has 1 heteroatoms. The van der Waals surface area contributed by atoms with Gasteiger partial charge in [0, 0.05) is 19.0 Å². The van der Waals surface area contributed by atoms with Crippen molar-refractivity contribution in [1.82, 2.24) is 4.90 Å². The van der Waals surface area contributed by atoms with Crippen LogP contribution in [0.15, 0.2) is 0 Å². The molecule has 0 heterocycles. The maximum atomic E-state index is 5.25. The number of hydrogen-bond donors (Lipinski definition) is 0. The van der Waals surface area contributed by atoms with Crippen molar-refractivity contribution in [3.8, 4) is 12.3 Å². The van der Waals surface area contributed by atoms with Gasteiger partial charge in [-0.25, -0.2) is 0 Å². The second-order valence-electron chi connectivity index (χ2n) is 4.48. The van der Waals surface area contributed by atoms with Gasteiger partial charge >= 0.3 is 0 Å². The number of nitrogens with zero attached hydrogens (tertiary/aromatic N) is 1. The lowest BCUT2D eigenvalue weighted by Gasteiger charge is -2.21. The van der Waals surface area contributed by atoms with Crippen molar-refractivity contribution in [2.45, 2.75) is 44.6 Å². The van der Waals surface area contributed by atoms with Crippen LogP contribution in [0.1, 0.15) is 38.5 Å². The smallest absolute Gasteiger partial charge is 0.00982 e. The predicted molar refractivity (Wildman–Crippen MR) is 55.4 cm³/mol. The van der Waals surface area contributed by atoms with E-state index in [1.807, 2.05) is 0 Å². The minimum atomic E-state index is 0.929. The normalized spacial score (nSPS) is 21.8. The summed E-state index contributed by atoms with van der Waals surface area (Å²) in [6, 6.07) is 0.929. The first-order chi connectivity index (χ1) is 6.40. The molecular formula is C12H19N. The van der Waals surface area contributed by atoms with Crippen molar-refractivity contribution in [2.75, 3.05) is 13.1 Å². The van der Waals surface area contributed by atoms with Gasteiger partial charge in [-0.3, -0.25) is 0 Å². The molecule has 0 amide bonds. The summed E-state index contributed by atoms with van der Waals surface area (Å²) in [7, 11) is 0. The first-order valence-electron chi connectivity index (χ1n) is 5.57. The van der Waals surface area contributed by atoms with E-state index in [9.17, 15) is 0 Å². The van der Waals surface area contributed by atoms with E-state index in [2.05, 4.69) is 10.8 Å². The Morgan fingerprint density at radius 2 is 2.00 bits per heavy atom. The van der Waals surface area contributed by atoms with E-state index in [1.54, 1.807) is 0 Å². The monoisotopic (exact) mass is 177 g/mol. The molecule has 0 aromatic rings. The summed E-state index contributed by atoms with van der Waals surface area (Å²) in [6.45, 7) is 2.60. The average Bonchev–Trinajstić information content (AvgIpc) is 2.98. The Balaban J connectivity index is 1.66. The van der Waals surface area contributed by atoms with Gasteiger partial charge in [-0.15, -0.1) is 12.3 Å². The topological polar surface area (TPSA) is 3.24 Å². The van der Waals surface area contributed by atoms with Gasteiger partial charge in [0.25, 0.3) is 0 Å². The number of terminal acetylenes is 1. The van der Waals surface area contributed by atoms with Crippen LogP contribution < -0.4 is 0 Å². The summed E-state index contributed by atoms with van der Waals surface area (Å²) in [5.41, 5.74) is 0. The average molecular weight is 177 g/mol. The van der Waals surface area contributed by atoms with Gasteiger partial charge in [0.2, 0.25) is 0 Å². The highest BCUT2D eigenvalue weighted by molar-refractivity contribution is 4.89. The SMILES string of the molecule is C#CCCCN(CC1CC1)C1CC1. The van der Waals surface area contributed by atoms with Crippen LogP contribution in [-0.4, -0.2) is 24.0 Å². The van der Waals surface area contributed by atoms with Crippen LogP contribution >= 0.6 is 0 Å². The van der Waals surface area contributed by atoms with Gasteiger partial charge in [-0.2, -0.15) is 0 Å². The van der Waals surface area contributed by atoms with Crippen LogP contribution in [0.3, 0.4) is 0 Å². The second-order valence-corrected chi connectivity index (χ2v) is 4.48. The standard InChI is InChI=1S/C12H19N/c1-2-3-4-9-13(12-7-8-12)10-11-5-6-11/h1,11-12H,3-10H2. The van der Waals surface area contributed by atoms with E-state index in [0.717, 1.165) is 18.4 Å². The number of hydrogen-bond acceptors (Lipinski definition) is 1. The van der Waals surface area contributed by atoms with Crippen LogP contribution in [0.5, 0.6) is 0 Å². The van der Waals surface area contributed by atoms with Gasteiger partial charge < -0.3 is 4.90 Å². The van der Waals surface area contributed by atoms with Gasteiger partial charge in [-0.1, -0.05) is 0 Å². The molecule has 0 radical (unpaired) electrons. The molecule has 72 valence electrons. The maximum absolute atomic E-state index is 5.25. The molecule has 0 saturated heterocycles. The Hall–Kier alpha value is -0.480. The van der Waals surface area contributed by atoms with Gasteiger partial charge in [-0.05, 0) is 44.6 Å². The van der Waals surface area contributed by atoms with E-state index in [-0.39, 0.29) is 0 Å². The summed E-state index contributed by atoms with van der Waals surface area (Å²) in [4.78, 5) is 2.68. The third-order valence-electron chi connectivity index (χ3n) is 3.02. The number of rotatable bonds is 6. The molecule has 0 bridgehead atoms. The minimum Gasteiger partial charge on any atom is -0.300 e. The van der Waals surface area contributed by atoms with Crippen molar-refractivity contribution in [3.05, 3.63) is 0 Å². The van der Waals surface area contributed by atoms with Gasteiger partial charge in [0.1, 0.15) is 0 Å². The molecule has 0 N–H and O–H groups in total. The zero-order valence-electron chi connectivity index (χ0n) is 8.34. The van der Waals surface area contributed by atoms with E-state index >= 15 is 0 Å². The second kappa shape index (κ2) is 4.15. The minimum absolute atomic E-state index is 0.929. The quantitative estimate of drug-likeness (QED) is 0.444. The van der Waals surface area contributed by atoms with Crippen molar-refractivity contribution >= 4 is 0 Å². The maximum Gasteiger partial charge on any atom is 0.00982 e. The van der Waals surface area contributed by atoms with Crippen LogP contribution in [0, 0.1) is 18.3 Å². The Kier molecular flexibility index (Phi) is 2.90. The van der Waals surface area contributed by atoms with Crippen molar-refractivity contribution in [2.24, 2.45) is 5.92 Å². The predicted octanol–water partition coefficient (Wildman–Crippen LogP) is 2.27. The molecule has 0 aliphatic heterocycles. The molecule has 2 aliphatic rings. The zero-order chi connectivity index (χ0) is 9.10. The van der Waals surface area contributed by atoms with Crippen LogP contribution in [0.2, 0.25) is 0 Å². The largest absolute Gasteiger partial charge is 0.300 e. The van der Waals surface area contributed by atoms with E-state index in [0.29, 0.717) is 0 Å². The van der Waals surface area contributed by atoms with Gasteiger partial charge in [0.15, 0.2) is 0 Å². The highest BCUT2D eigenvalue weighted by Crippen LogP contribution is 2.34. The highest BCUT2D eigenvalue weighted by atomic mass is 15.2. The van der Waals surface area contributed by atoms with Crippen LogP contribution in [0.25, 0.3) is 0 Å². The van der Waals surface area contributed by atoms with Crippen molar-refractivity contribution < 1.29 is 0 Å². The fraction of sp³-hybridized carbons (Fsp3) is 0.833. The fourth-order valence-electron chi connectivity index (χ4n) is 1.88. The lowest BCUT2D eigenvalue weighted by Crippen LogP contribution is -2.29. The Morgan fingerprint density at radius 1 is 1.23 bits per heavy atom. The summed E-state index contributed by atoms with van der Waals surface area (Å²) in [6.07, 6.45) is 13.2. The van der Waals surface area contributed by atoms with E-state index < -0.39 is 0 Å². The van der Waals surface area contributed by atoms with Crippen LogP contribution in [-0.2, 0) is 0 Å².